The number of piperidine rings is 1. The van der Waals surface area contributed by atoms with Crippen LogP contribution in [0.3, 0.4) is 0 Å². The van der Waals surface area contributed by atoms with Crippen LogP contribution in [0.25, 0.3) is 10.8 Å². The van der Waals surface area contributed by atoms with Crippen molar-refractivity contribution in [3.8, 4) is 0 Å². The Morgan fingerprint density at radius 1 is 0.931 bits per heavy atom. The Balaban J connectivity index is 1.61. The summed E-state index contributed by atoms with van der Waals surface area (Å²) in [5, 5.41) is 7.05. The number of thioether (sulfide) groups is 1. The summed E-state index contributed by atoms with van der Waals surface area (Å²) in [4.78, 5) is 9.58. The molecule has 1 aliphatic rings. The summed E-state index contributed by atoms with van der Waals surface area (Å²) in [5.74, 6) is 0. The van der Waals surface area contributed by atoms with Crippen molar-refractivity contribution < 1.29 is 4.84 Å². The van der Waals surface area contributed by atoms with Crippen molar-refractivity contribution >= 4 is 28.2 Å². The molecule has 0 saturated carbocycles. The number of rotatable bonds is 7. The molecule has 3 nitrogen and oxygen atoms in total. The van der Waals surface area contributed by atoms with Crippen molar-refractivity contribution in [3.63, 3.8) is 0 Å². The van der Waals surface area contributed by atoms with Crippen LogP contribution in [0.4, 0.5) is 0 Å². The van der Waals surface area contributed by atoms with Gasteiger partial charge in [-0.2, -0.15) is 0 Å². The Bertz CT molecular complexity index is 957. The van der Waals surface area contributed by atoms with Crippen LogP contribution in [0.5, 0.6) is 0 Å². The second kappa shape index (κ2) is 9.95. The van der Waals surface area contributed by atoms with Crippen LogP contribution in [0.1, 0.15) is 30.4 Å². The first-order valence-electron chi connectivity index (χ1n) is 10.4. The minimum absolute atomic E-state index is 0.622. The molecule has 0 bridgehead atoms. The van der Waals surface area contributed by atoms with E-state index in [4.69, 9.17) is 4.84 Å². The molecule has 150 valence electrons. The van der Waals surface area contributed by atoms with Crippen molar-refractivity contribution in [1.82, 2.24) is 4.90 Å². The van der Waals surface area contributed by atoms with E-state index in [1.54, 1.807) is 11.8 Å². The molecule has 0 spiro atoms. The van der Waals surface area contributed by atoms with Gasteiger partial charge in [-0.25, -0.2) is 0 Å². The molecule has 0 radical (unpaired) electrons. The number of nitrogens with zero attached hydrogens (tertiary/aromatic N) is 2. The molecular formula is C25H28N2OS. The maximum absolute atomic E-state index is 5.85. The van der Waals surface area contributed by atoms with Gasteiger partial charge in [0.25, 0.3) is 0 Å². The van der Waals surface area contributed by atoms with Crippen molar-refractivity contribution in [1.29, 1.82) is 0 Å². The van der Waals surface area contributed by atoms with E-state index in [1.165, 1.54) is 48.0 Å². The number of oxime groups is 1. The summed E-state index contributed by atoms with van der Waals surface area (Å²) < 4.78 is 0. The molecule has 0 atom stereocenters. The average Bonchev–Trinajstić information content (AvgIpc) is 2.80. The molecule has 4 heteroatoms. The Hall–Kier alpha value is -2.30. The molecule has 0 unspecified atom stereocenters. The van der Waals surface area contributed by atoms with Gasteiger partial charge in [-0.05, 0) is 55.1 Å². The molecule has 1 aliphatic heterocycles. The van der Waals surface area contributed by atoms with Crippen molar-refractivity contribution in [2.24, 2.45) is 5.16 Å². The zero-order valence-electron chi connectivity index (χ0n) is 17.0. The van der Waals surface area contributed by atoms with E-state index < -0.39 is 0 Å². The zero-order chi connectivity index (χ0) is 19.9. The number of hydrogen-bond donors (Lipinski definition) is 0. The highest BCUT2D eigenvalue weighted by Gasteiger charge is 2.13. The quantitative estimate of drug-likeness (QED) is 0.215. The van der Waals surface area contributed by atoms with Gasteiger partial charge in [-0.1, -0.05) is 66.2 Å². The Morgan fingerprint density at radius 3 is 2.48 bits per heavy atom. The fourth-order valence-corrected chi connectivity index (χ4v) is 4.31. The molecule has 1 fully saturated rings. The summed E-state index contributed by atoms with van der Waals surface area (Å²) in [6.07, 6.45) is 6.05. The van der Waals surface area contributed by atoms with E-state index in [9.17, 15) is 0 Å². The highest BCUT2D eigenvalue weighted by atomic mass is 32.2. The van der Waals surface area contributed by atoms with E-state index in [2.05, 4.69) is 83.0 Å². The maximum Gasteiger partial charge on any atom is 0.129 e. The van der Waals surface area contributed by atoms with E-state index in [1.807, 2.05) is 0 Å². The van der Waals surface area contributed by atoms with Gasteiger partial charge in [-0.3, -0.25) is 4.90 Å². The van der Waals surface area contributed by atoms with Gasteiger partial charge in [0, 0.05) is 22.6 Å². The standard InChI is InChI=1S/C25H28N2OS/c1-29-22-14-12-21(13-15-22)25(26-28-19-18-27-16-5-2-6-17-27)24-11-7-9-20-8-3-4-10-23(20)24/h3-4,7-15H,2,5-6,16-19H2,1H3/b26-25-. The molecular weight excluding hydrogens is 376 g/mol. The smallest absolute Gasteiger partial charge is 0.129 e. The van der Waals surface area contributed by atoms with E-state index >= 15 is 0 Å². The van der Waals surface area contributed by atoms with Crippen molar-refractivity contribution in [3.05, 3.63) is 77.9 Å². The van der Waals surface area contributed by atoms with Crippen LogP contribution >= 0.6 is 11.8 Å². The zero-order valence-corrected chi connectivity index (χ0v) is 17.8. The molecule has 4 rings (SSSR count). The molecule has 0 aliphatic carbocycles. The second-order valence-electron chi connectivity index (χ2n) is 7.43. The van der Waals surface area contributed by atoms with Crippen LogP contribution < -0.4 is 0 Å². The molecule has 3 aromatic carbocycles. The molecule has 0 aromatic heterocycles. The van der Waals surface area contributed by atoms with Crippen LogP contribution in [0.2, 0.25) is 0 Å². The van der Waals surface area contributed by atoms with Gasteiger partial charge in [0.1, 0.15) is 12.3 Å². The van der Waals surface area contributed by atoms with Crippen molar-refractivity contribution in [2.45, 2.75) is 24.2 Å². The highest BCUT2D eigenvalue weighted by molar-refractivity contribution is 7.98. The maximum atomic E-state index is 5.85. The first-order chi connectivity index (χ1) is 14.3. The van der Waals surface area contributed by atoms with Crippen LogP contribution in [-0.2, 0) is 4.84 Å². The normalized spacial score (nSPS) is 15.6. The number of likely N-dealkylation sites (tertiary alicyclic amines) is 1. The lowest BCUT2D eigenvalue weighted by Crippen LogP contribution is -2.32. The third-order valence-corrected chi connectivity index (χ3v) is 6.26. The van der Waals surface area contributed by atoms with Gasteiger partial charge < -0.3 is 4.84 Å². The van der Waals surface area contributed by atoms with Gasteiger partial charge in [0.05, 0.1) is 0 Å². The van der Waals surface area contributed by atoms with Gasteiger partial charge in [-0.15, -0.1) is 11.8 Å². The Labute approximate surface area is 177 Å². The lowest BCUT2D eigenvalue weighted by Gasteiger charge is -2.25. The second-order valence-corrected chi connectivity index (χ2v) is 8.31. The monoisotopic (exact) mass is 404 g/mol. The topological polar surface area (TPSA) is 24.8 Å². The fraction of sp³-hybridized carbons (Fsp3) is 0.320. The first-order valence-corrected chi connectivity index (χ1v) is 11.6. The van der Waals surface area contributed by atoms with Crippen molar-refractivity contribution in [2.75, 3.05) is 32.5 Å². The lowest BCUT2D eigenvalue weighted by atomic mass is 9.97. The Morgan fingerprint density at radius 2 is 1.69 bits per heavy atom. The lowest BCUT2D eigenvalue weighted by molar-refractivity contribution is 0.103. The van der Waals surface area contributed by atoms with Crippen LogP contribution in [0.15, 0.2) is 76.8 Å². The van der Waals surface area contributed by atoms with E-state index in [0.717, 1.165) is 23.4 Å². The number of benzene rings is 3. The predicted octanol–water partition coefficient (Wildman–Crippen LogP) is 5.82. The molecule has 0 amide bonds. The molecule has 1 saturated heterocycles. The number of hydrogen-bond acceptors (Lipinski definition) is 4. The van der Waals surface area contributed by atoms with Gasteiger partial charge in [0.15, 0.2) is 0 Å². The van der Waals surface area contributed by atoms with E-state index in [-0.39, 0.29) is 0 Å². The fourth-order valence-electron chi connectivity index (χ4n) is 3.90. The highest BCUT2D eigenvalue weighted by Crippen LogP contribution is 2.24. The SMILES string of the molecule is CSc1ccc(/C(=N/OCCN2CCCCC2)c2cccc3ccccc23)cc1. The molecule has 1 heterocycles. The summed E-state index contributed by atoms with van der Waals surface area (Å²) in [5.41, 5.74) is 3.09. The van der Waals surface area contributed by atoms with Crippen LogP contribution in [0, 0.1) is 0 Å². The predicted molar refractivity (Wildman–Crippen MR) is 124 cm³/mol. The minimum Gasteiger partial charge on any atom is -0.394 e. The van der Waals surface area contributed by atoms with Gasteiger partial charge >= 0.3 is 0 Å². The largest absolute Gasteiger partial charge is 0.394 e. The van der Waals surface area contributed by atoms with E-state index in [0.29, 0.717) is 6.61 Å². The molecule has 29 heavy (non-hydrogen) atoms. The molecule has 3 aromatic rings. The summed E-state index contributed by atoms with van der Waals surface area (Å²) in [7, 11) is 0. The first kappa shape index (κ1) is 20.0. The average molecular weight is 405 g/mol. The third kappa shape index (κ3) is 5.01. The number of fused-ring (bicyclic) bond motifs is 1. The van der Waals surface area contributed by atoms with Gasteiger partial charge in [0.2, 0.25) is 0 Å². The summed E-state index contributed by atoms with van der Waals surface area (Å²) >= 11 is 1.75. The van der Waals surface area contributed by atoms with Crippen LogP contribution in [-0.4, -0.2) is 43.1 Å². The molecule has 0 N–H and O–H groups in total. The minimum atomic E-state index is 0.622. The summed E-state index contributed by atoms with van der Waals surface area (Å²) in [6, 6.07) is 23.4. The third-order valence-electron chi connectivity index (χ3n) is 5.51. The summed E-state index contributed by atoms with van der Waals surface area (Å²) in [6.45, 7) is 3.92. The Kier molecular flexibility index (Phi) is 6.86.